The van der Waals surface area contributed by atoms with Gasteiger partial charge in [0.15, 0.2) is 5.78 Å². The largest absolute Gasteiger partial charge is 0.289 e. The van der Waals surface area contributed by atoms with E-state index in [1.165, 1.54) is 0 Å². The second-order valence-electron chi connectivity index (χ2n) is 4.10. The van der Waals surface area contributed by atoms with Crippen LogP contribution in [0.5, 0.6) is 0 Å². The van der Waals surface area contributed by atoms with Crippen molar-refractivity contribution in [3.05, 3.63) is 63.9 Å². The zero-order valence-electron chi connectivity index (χ0n) is 9.70. The second kappa shape index (κ2) is 4.68. The number of aromatic nitrogens is 1. The fourth-order valence-corrected chi connectivity index (χ4v) is 2.00. The first-order chi connectivity index (χ1) is 8.06. The second-order valence-corrected chi connectivity index (χ2v) is 4.53. The van der Waals surface area contributed by atoms with E-state index in [2.05, 4.69) is 4.98 Å². The van der Waals surface area contributed by atoms with Crippen molar-refractivity contribution in [1.29, 1.82) is 0 Å². The monoisotopic (exact) mass is 245 g/mol. The number of pyridine rings is 1. The highest BCUT2D eigenvalue weighted by Gasteiger charge is 2.10. The lowest BCUT2D eigenvalue weighted by Gasteiger charge is -2.04. The highest BCUT2D eigenvalue weighted by Crippen LogP contribution is 2.17. The van der Waals surface area contributed by atoms with Crippen molar-refractivity contribution in [2.24, 2.45) is 0 Å². The summed E-state index contributed by atoms with van der Waals surface area (Å²) in [5, 5.41) is 0.578. The molecule has 0 unspecified atom stereocenters. The van der Waals surface area contributed by atoms with E-state index in [0.717, 1.165) is 11.1 Å². The van der Waals surface area contributed by atoms with Crippen LogP contribution in [0.3, 0.4) is 0 Å². The number of hydrogen-bond acceptors (Lipinski definition) is 2. The summed E-state index contributed by atoms with van der Waals surface area (Å²) in [6.07, 6.45) is 3.30. The minimum Gasteiger partial charge on any atom is -0.289 e. The zero-order valence-corrected chi connectivity index (χ0v) is 10.5. The van der Waals surface area contributed by atoms with Crippen molar-refractivity contribution in [3.8, 4) is 0 Å². The Labute approximate surface area is 105 Å². The SMILES string of the molecule is Cc1cncc(C(=O)c2cc(C)cc(Cl)c2)c1. The Hall–Kier alpha value is -1.67. The third kappa shape index (κ3) is 2.71. The van der Waals surface area contributed by atoms with Crippen LogP contribution in [0.15, 0.2) is 36.7 Å². The summed E-state index contributed by atoms with van der Waals surface area (Å²) in [6.45, 7) is 3.82. The highest BCUT2D eigenvalue weighted by molar-refractivity contribution is 6.31. The molecule has 0 atom stereocenters. The molecule has 0 saturated heterocycles. The van der Waals surface area contributed by atoms with Gasteiger partial charge in [0.2, 0.25) is 0 Å². The van der Waals surface area contributed by atoms with E-state index in [0.29, 0.717) is 16.1 Å². The Morgan fingerprint density at radius 3 is 2.35 bits per heavy atom. The molecule has 0 bridgehead atoms. The number of aryl methyl sites for hydroxylation is 2. The number of ketones is 1. The van der Waals surface area contributed by atoms with Gasteiger partial charge in [-0.1, -0.05) is 11.6 Å². The molecule has 2 nitrogen and oxygen atoms in total. The van der Waals surface area contributed by atoms with E-state index in [1.807, 2.05) is 32.0 Å². The number of hydrogen-bond donors (Lipinski definition) is 0. The lowest BCUT2D eigenvalue weighted by molar-refractivity contribution is 0.103. The molecule has 0 aliphatic rings. The van der Waals surface area contributed by atoms with E-state index in [9.17, 15) is 4.79 Å². The number of carbonyl (C=O) groups excluding carboxylic acids is 1. The van der Waals surface area contributed by atoms with E-state index in [-0.39, 0.29) is 5.78 Å². The number of nitrogens with zero attached hydrogens (tertiary/aromatic N) is 1. The van der Waals surface area contributed by atoms with Gasteiger partial charge >= 0.3 is 0 Å². The van der Waals surface area contributed by atoms with Crippen LogP contribution >= 0.6 is 11.6 Å². The Morgan fingerprint density at radius 1 is 1.00 bits per heavy atom. The van der Waals surface area contributed by atoms with E-state index in [4.69, 9.17) is 11.6 Å². The molecule has 0 aliphatic heterocycles. The molecule has 0 aliphatic carbocycles. The smallest absolute Gasteiger partial charge is 0.194 e. The molecule has 3 heteroatoms. The van der Waals surface area contributed by atoms with Crippen LogP contribution in [0.2, 0.25) is 5.02 Å². The fraction of sp³-hybridized carbons (Fsp3) is 0.143. The molecule has 0 fully saturated rings. The van der Waals surface area contributed by atoms with Crippen molar-refractivity contribution < 1.29 is 4.79 Å². The summed E-state index contributed by atoms with van der Waals surface area (Å²) in [4.78, 5) is 16.2. The molecule has 2 rings (SSSR count). The van der Waals surface area contributed by atoms with Gasteiger partial charge in [-0.2, -0.15) is 0 Å². The molecule has 1 aromatic carbocycles. The van der Waals surface area contributed by atoms with Gasteiger partial charge in [-0.3, -0.25) is 9.78 Å². The van der Waals surface area contributed by atoms with Gasteiger partial charge in [0, 0.05) is 28.5 Å². The average molecular weight is 246 g/mol. The number of rotatable bonds is 2. The molecule has 1 aromatic heterocycles. The van der Waals surface area contributed by atoms with Gasteiger partial charge in [0.1, 0.15) is 0 Å². The number of carbonyl (C=O) groups is 1. The van der Waals surface area contributed by atoms with Gasteiger partial charge in [-0.15, -0.1) is 0 Å². The molecule has 1 heterocycles. The van der Waals surface area contributed by atoms with Gasteiger partial charge in [0.25, 0.3) is 0 Å². The molecule has 0 saturated carbocycles. The van der Waals surface area contributed by atoms with Crippen molar-refractivity contribution in [2.45, 2.75) is 13.8 Å². The van der Waals surface area contributed by atoms with Crippen molar-refractivity contribution >= 4 is 17.4 Å². The van der Waals surface area contributed by atoms with Crippen LogP contribution in [-0.2, 0) is 0 Å². The number of halogens is 1. The Kier molecular flexibility index (Phi) is 3.25. The molecule has 86 valence electrons. The maximum atomic E-state index is 12.2. The molecule has 0 N–H and O–H groups in total. The van der Waals surface area contributed by atoms with Crippen LogP contribution in [0.25, 0.3) is 0 Å². The van der Waals surface area contributed by atoms with E-state index < -0.39 is 0 Å². The summed E-state index contributed by atoms with van der Waals surface area (Å²) in [6, 6.07) is 7.16. The third-order valence-electron chi connectivity index (χ3n) is 2.44. The summed E-state index contributed by atoms with van der Waals surface area (Å²) >= 11 is 5.95. The standard InChI is InChI=1S/C14H12ClNO/c1-9-3-11(6-13(15)5-9)14(17)12-4-10(2)7-16-8-12/h3-8H,1-2H3. The summed E-state index contributed by atoms with van der Waals surface area (Å²) in [7, 11) is 0. The molecule has 0 radical (unpaired) electrons. The van der Waals surface area contributed by atoms with Crippen molar-refractivity contribution in [3.63, 3.8) is 0 Å². The average Bonchev–Trinajstić information content (AvgIpc) is 2.26. The Bertz CT molecular complexity index is 558. The minimum atomic E-state index is -0.0493. The maximum absolute atomic E-state index is 12.2. The predicted molar refractivity (Wildman–Crippen MR) is 68.6 cm³/mol. The topological polar surface area (TPSA) is 30.0 Å². The Morgan fingerprint density at radius 2 is 1.71 bits per heavy atom. The molecule has 2 aromatic rings. The van der Waals surface area contributed by atoms with Crippen LogP contribution in [0.4, 0.5) is 0 Å². The normalized spacial score (nSPS) is 10.3. The van der Waals surface area contributed by atoms with Crippen molar-refractivity contribution in [1.82, 2.24) is 4.98 Å². The molecule has 0 amide bonds. The molecule has 17 heavy (non-hydrogen) atoms. The highest BCUT2D eigenvalue weighted by atomic mass is 35.5. The van der Waals surface area contributed by atoms with Crippen LogP contribution < -0.4 is 0 Å². The summed E-state index contributed by atoms with van der Waals surface area (Å²) in [5.74, 6) is -0.0493. The lowest BCUT2D eigenvalue weighted by Crippen LogP contribution is -2.02. The fourth-order valence-electron chi connectivity index (χ4n) is 1.71. The van der Waals surface area contributed by atoms with Crippen LogP contribution in [0, 0.1) is 13.8 Å². The lowest BCUT2D eigenvalue weighted by atomic mass is 10.0. The maximum Gasteiger partial charge on any atom is 0.194 e. The number of benzene rings is 1. The van der Waals surface area contributed by atoms with Gasteiger partial charge in [-0.25, -0.2) is 0 Å². The van der Waals surface area contributed by atoms with Gasteiger partial charge in [0.05, 0.1) is 0 Å². The predicted octanol–water partition coefficient (Wildman–Crippen LogP) is 3.58. The minimum absolute atomic E-state index is 0.0493. The van der Waals surface area contributed by atoms with Crippen LogP contribution in [-0.4, -0.2) is 10.8 Å². The van der Waals surface area contributed by atoms with Crippen molar-refractivity contribution in [2.75, 3.05) is 0 Å². The summed E-state index contributed by atoms with van der Waals surface area (Å²) < 4.78 is 0. The Balaban J connectivity index is 2.43. The molecular weight excluding hydrogens is 234 g/mol. The third-order valence-corrected chi connectivity index (χ3v) is 2.66. The molecular formula is C14H12ClNO. The zero-order chi connectivity index (χ0) is 12.4. The first kappa shape index (κ1) is 11.8. The molecule has 0 spiro atoms. The van der Waals surface area contributed by atoms with Crippen LogP contribution in [0.1, 0.15) is 27.0 Å². The van der Waals surface area contributed by atoms with Gasteiger partial charge in [-0.05, 0) is 49.2 Å². The first-order valence-electron chi connectivity index (χ1n) is 5.30. The van der Waals surface area contributed by atoms with Gasteiger partial charge < -0.3 is 0 Å². The van der Waals surface area contributed by atoms with E-state index >= 15 is 0 Å². The quantitative estimate of drug-likeness (QED) is 0.757. The first-order valence-corrected chi connectivity index (χ1v) is 5.67. The van der Waals surface area contributed by atoms with E-state index in [1.54, 1.807) is 18.5 Å². The summed E-state index contributed by atoms with van der Waals surface area (Å²) in [5.41, 5.74) is 3.13.